The molecular formula is C18H15FN2O3S. The van der Waals surface area contributed by atoms with Crippen LogP contribution in [0.15, 0.2) is 41.9 Å². The average molecular weight is 358 g/mol. The van der Waals surface area contributed by atoms with Gasteiger partial charge in [-0.15, -0.1) is 11.3 Å². The largest absolute Gasteiger partial charge is 0.454 e. The Morgan fingerprint density at radius 3 is 2.68 bits per heavy atom. The van der Waals surface area contributed by atoms with Gasteiger partial charge < -0.3 is 4.74 Å². The van der Waals surface area contributed by atoms with Crippen molar-refractivity contribution >= 4 is 23.1 Å². The van der Waals surface area contributed by atoms with Gasteiger partial charge in [-0.25, -0.2) is 14.2 Å². The van der Waals surface area contributed by atoms with Gasteiger partial charge in [0.25, 0.3) is 0 Å². The van der Waals surface area contributed by atoms with Gasteiger partial charge in [-0.3, -0.25) is 9.36 Å². The molecule has 3 rings (SSSR count). The lowest BCUT2D eigenvalue weighted by Gasteiger charge is -2.06. The van der Waals surface area contributed by atoms with Crippen molar-refractivity contribution in [1.29, 1.82) is 0 Å². The van der Waals surface area contributed by atoms with Crippen LogP contribution in [0.4, 0.5) is 4.39 Å². The lowest BCUT2D eigenvalue weighted by Crippen LogP contribution is -2.15. The number of hydrogen-bond acceptors (Lipinski definition) is 5. The molecule has 0 radical (unpaired) electrons. The number of carbonyl (C=O) groups is 2. The van der Waals surface area contributed by atoms with Gasteiger partial charge in [0.1, 0.15) is 5.82 Å². The van der Waals surface area contributed by atoms with Crippen molar-refractivity contribution in [2.75, 3.05) is 6.61 Å². The van der Waals surface area contributed by atoms with Gasteiger partial charge in [0, 0.05) is 28.5 Å². The Morgan fingerprint density at radius 1 is 1.24 bits per heavy atom. The summed E-state index contributed by atoms with van der Waals surface area (Å²) in [4.78, 5) is 28.6. The Balaban J connectivity index is 1.75. The molecule has 0 aliphatic rings. The highest BCUT2D eigenvalue weighted by Crippen LogP contribution is 2.22. The molecule has 0 fully saturated rings. The number of nitrogens with zero attached hydrogens (tertiary/aromatic N) is 2. The molecule has 7 heteroatoms. The maximum absolute atomic E-state index is 13.6. The minimum atomic E-state index is -0.861. The van der Waals surface area contributed by atoms with Gasteiger partial charge in [-0.2, -0.15) is 0 Å². The number of Topliss-reactive ketones (excluding diaryl/α,β-unsaturated/α-hetero) is 1. The second-order valence-corrected chi connectivity index (χ2v) is 6.29. The molecule has 2 heterocycles. The first-order chi connectivity index (χ1) is 12.0. The number of esters is 1. The van der Waals surface area contributed by atoms with Crippen molar-refractivity contribution in [2.24, 2.45) is 0 Å². The van der Waals surface area contributed by atoms with E-state index in [0.717, 1.165) is 16.5 Å². The highest BCUT2D eigenvalue weighted by Gasteiger charge is 2.20. The van der Waals surface area contributed by atoms with E-state index in [4.69, 9.17) is 4.74 Å². The molecule has 0 bridgehead atoms. The minimum absolute atomic E-state index is 0.191. The van der Waals surface area contributed by atoms with Gasteiger partial charge in [0.15, 0.2) is 11.7 Å². The predicted molar refractivity (Wildman–Crippen MR) is 91.9 cm³/mol. The summed E-state index contributed by atoms with van der Waals surface area (Å²) in [5, 5.41) is 2.61. The van der Waals surface area contributed by atoms with Crippen LogP contribution in [0, 0.1) is 19.7 Å². The molecule has 3 aromatic rings. The molecule has 0 aliphatic heterocycles. The lowest BCUT2D eigenvalue weighted by atomic mass is 10.1. The number of aryl methyl sites for hydroxylation is 1. The zero-order chi connectivity index (χ0) is 18.0. The highest BCUT2D eigenvalue weighted by atomic mass is 32.1. The zero-order valence-electron chi connectivity index (χ0n) is 13.7. The van der Waals surface area contributed by atoms with Crippen molar-refractivity contribution in [3.8, 4) is 5.13 Å². The summed E-state index contributed by atoms with van der Waals surface area (Å²) in [6.45, 7) is 3.23. The summed E-state index contributed by atoms with van der Waals surface area (Å²) in [5.41, 5.74) is 1.84. The summed E-state index contributed by atoms with van der Waals surface area (Å²) < 4.78 is 20.4. The van der Waals surface area contributed by atoms with Crippen molar-refractivity contribution in [3.63, 3.8) is 0 Å². The quantitative estimate of drug-likeness (QED) is 0.515. The Hall–Kier alpha value is -2.80. The fraction of sp³-hybridized carbons (Fsp3) is 0.167. The maximum atomic E-state index is 13.6. The number of ether oxygens (including phenoxy) is 1. The van der Waals surface area contributed by atoms with E-state index < -0.39 is 18.4 Å². The SMILES string of the molecule is Cc1cc(C(=O)COC(=O)c2ccccc2F)c(C)n1-c1nccs1. The van der Waals surface area contributed by atoms with Crippen molar-refractivity contribution < 1.29 is 18.7 Å². The maximum Gasteiger partial charge on any atom is 0.341 e. The molecular weight excluding hydrogens is 343 g/mol. The number of halogens is 1. The van der Waals surface area contributed by atoms with Crippen LogP contribution in [0.2, 0.25) is 0 Å². The molecule has 0 unspecified atom stereocenters. The van der Waals surface area contributed by atoms with Gasteiger partial charge in [0.05, 0.1) is 5.56 Å². The topological polar surface area (TPSA) is 61.2 Å². The van der Waals surface area contributed by atoms with Crippen LogP contribution < -0.4 is 0 Å². The number of thiazole rings is 1. The fourth-order valence-corrected chi connectivity index (χ4v) is 3.33. The standard InChI is InChI=1S/C18H15FN2O3S/c1-11-9-14(12(2)21(11)18-20-7-8-25-18)16(22)10-24-17(23)13-5-3-4-6-15(13)19/h3-9H,10H2,1-2H3. The van der Waals surface area contributed by atoms with Gasteiger partial charge in [0.2, 0.25) is 5.78 Å². The monoisotopic (exact) mass is 358 g/mol. The number of hydrogen-bond donors (Lipinski definition) is 0. The van der Waals surface area contributed by atoms with Crippen molar-refractivity contribution in [2.45, 2.75) is 13.8 Å². The summed E-state index contributed by atoms with van der Waals surface area (Å²) in [6, 6.07) is 7.22. The van der Waals surface area contributed by atoms with Crippen molar-refractivity contribution in [3.05, 3.63) is 70.2 Å². The van der Waals surface area contributed by atoms with E-state index in [-0.39, 0.29) is 11.3 Å². The first-order valence-corrected chi connectivity index (χ1v) is 8.40. The normalized spacial score (nSPS) is 10.7. The summed E-state index contributed by atoms with van der Waals surface area (Å²) >= 11 is 1.46. The molecule has 0 saturated heterocycles. The summed E-state index contributed by atoms with van der Waals surface area (Å²) in [5.74, 6) is -1.89. The molecule has 0 atom stereocenters. The molecule has 1 aromatic carbocycles. The van der Waals surface area contributed by atoms with Gasteiger partial charge >= 0.3 is 5.97 Å². The molecule has 0 N–H and O–H groups in total. The second kappa shape index (κ2) is 6.98. The van der Waals surface area contributed by atoms with E-state index in [0.29, 0.717) is 5.56 Å². The smallest absolute Gasteiger partial charge is 0.341 e. The van der Waals surface area contributed by atoms with Gasteiger partial charge in [-0.05, 0) is 32.0 Å². The predicted octanol–water partition coefficient (Wildman–Crippen LogP) is 3.73. The van der Waals surface area contributed by atoms with E-state index in [1.165, 1.54) is 35.6 Å². The van der Waals surface area contributed by atoms with Crippen LogP contribution in [0.3, 0.4) is 0 Å². The number of aromatic nitrogens is 2. The third-order valence-corrected chi connectivity index (χ3v) is 4.53. The number of ketones is 1. The van der Waals surface area contributed by atoms with Crippen LogP contribution in [0.5, 0.6) is 0 Å². The molecule has 0 amide bonds. The molecule has 5 nitrogen and oxygen atoms in total. The van der Waals surface area contributed by atoms with E-state index in [9.17, 15) is 14.0 Å². The van der Waals surface area contributed by atoms with Crippen molar-refractivity contribution in [1.82, 2.24) is 9.55 Å². The first kappa shape index (κ1) is 17.0. The highest BCUT2D eigenvalue weighted by molar-refractivity contribution is 7.12. The molecule has 0 spiro atoms. The first-order valence-electron chi connectivity index (χ1n) is 7.52. The molecule has 2 aromatic heterocycles. The number of carbonyl (C=O) groups excluding carboxylic acids is 2. The van der Waals surface area contributed by atoms with E-state index in [2.05, 4.69) is 4.98 Å². The number of rotatable bonds is 5. The van der Waals surface area contributed by atoms with Crippen LogP contribution in [0.25, 0.3) is 5.13 Å². The molecule has 128 valence electrons. The minimum Gasteiger partial charge on any atom is -0.454 e. The Labute approximate surface area is 147 Å². The van der Waals surface area contributed by atoms with E-state index in [1.807, 2.05) is 16.9 Å². The van der Waals surface area contributed by atoms with Crippen LogP contribution in [-0.4, -0.2) is 27.9 Å². The third-order valence-electron chi connectivity index (χ3n) is 3.77. The third kappa shape index (κ3) is 3.36. The Kier molecular flexibility index (Phi) is 4.76. The van der Waals surface area contributed by atoms with E-state index >= 15 is 0 Å². The fourth-order valence-electron chi connectivity index (χ4n) is 2.58. The lowest BCUT2D eigenvalue weighted by molar-refractivity contribution is 0.0470. The second-order valence-electron chi connectivity index (χ2n) is 5.41. The van der Waals surface area contributed by atoms with E-state index in [1.54, 1.807) is 19.2 Å². The molecule has 0 saturated carbocycles. The summed E-state index contributed by atoms with van der Waals surface area (Å²) in [7, 11) is 0. The van der Waals surface area contributed by atoms with Gasteiger partial charge in [-0.1, -0.05) is 12.1 Å². The van der Waals surface area contributed by atoms with Crippen LogP contribution >= 0.6 is 11.3 Å². The number of benzene rings is 1. The summed E-state index contributed by atoms with van der Waals surface area (Å²) in [6.07, 6.45) is 1.69. The zero-order valence-corrected chi connectivity index (χ0v) is 14.5. The van der Waals surface area contributed by atoms with Crippen LogP contribution in [-0.2, 0) is 4.74 Å². The van der Waals surface area contributed by atoms with Crippen LogP contribution in [0.1, 0.15) is 32.1 Å². The Morgan fingerprint density at radius 2 is 2.00 bits per heavy atom. The Bertz CT molecular complexity index is 932. The average Bonchev–Trinajstić information content (AvgIpc) is 3.20. The molecule has 0 aliphatic carbocycles. The molecule has 25 heavy (non-hydrogen) atoms.